The maximum absolute atomic E-state index is 12.2. The van der Waals surface area contributed by atoms with Crippen LogP contribution >= 0.6 is 0 Å². The summed E-state index contributed by atoms with van der Waals surface area (Å²) in [5, 5.41) is 3.78. The van der Waals surface area contributed by atoms with E-state index in [9.17, 15) is 4.79 Å². The fourth-order valence-corrected chi connectivity index (χ4v) is 2.32. The number of hydrogen-bond acceptors (Lipinski definition) is 5. The number of hydrogen-bond donors (Lipinski definition) is 0. The standard InChI is InChI=1S/C14H22N2O4/c1-11-9-13(15-20-11)14(17)16-5-3-12(4-6-16)10-19-8-7-18-2/h9,12H,3-8,10H2,1-2H3. The molecule has 0 aromatic carbocycles. The molecule has 0 aliphatic carbocycles. The molecule has 1 amide bonds. The average Bonchev–Trinajstić information content (AvgIpc) is 2.90. The van der Waals surface area contributed by atoms with Gasteiger partial charge in [-0.05, 0) is 25.7 Å². The minimum atomic E-state index is -0.0411. The number of carbonyl (C=O) groups is 1. The molecule has 0 N–H and O–H groups in total. The summed E-state index contributed by atoms with van der Waals surface area (Å²) in [4.78, 5) is 14.0. The van der Waals surface area contributed by atoms with Crippen molar-refractivity contribution in [2.45, 2.75) is 19.8 Å². The van der Waals surface area contributed by atoms with Crippen LogP contribution in [0.4, 0.5) is 0 Å². The molecule has 6 nitrogen and oxygen atoms in total. The number of amides is 1. The van der Waals surface area contributed by atoms with Gasteiger partial charge in [0.15, 0.2) is 5.69 Å². The second-order valence-corrected chi connectivity index (χ2v) is 5.13. The third kappa shape index (κ3) is 4.05. The van der Waals surface area contributed by atoms with Crippen LogP contribution < -0.4 is 0 Å². The fraction of sp³-hybridized carbons (Fsp3) is 0.714. The summed E-state index contributed by atoms with van der Waals surface area (Å²) in [5.41, 5.74) is 0.400. The van der Waals surface area contributed by atoms with E-state index in [4.69, 9.17) is 14.0 Å². The largest absolute Gasteiger partial charge is 0.382 e. The predicted octanol–water partition coefficient (Wildman–Crippen LogP) is 1.50. The predicted molar refractivity (Wildman–Crippen MR) is 72.6 cm³/mol. The molecule has 1 fully saturated rings. The first kappa shape index (κ1) is 15.0. The van der Waals surface area contributed by atoms with E-state index in [0.717, 1.165) is 32.5 Å². The van der Waals surface area contributed by atoms with Crippen LogP contribution in [0.1, 0.15) is 29.1 Å². The first-order chi connectivity index (χ1) is 9.70. The van der Waals surface area contributed by atoms with Crippen LogP contribution in [0.3, 0.4) is 0 Å². The maximum Gasteiger partial charge on any atom is 0.276 e. The number of ether oxygens (including phenoxy) is 2. The van der Waals surface area contributed by atoms with E-state index in [2.05, 4.69) is 5.16 Å². The van der Waals surface area contributed by atoms with Gasteiger partial charge in [0.25, 0.3) is 5.91 Å². The summed E-state index contributed by atoms with van der Waals surface area (Å²) >= 11 is 0. The summed E-state index contributed by atoms with van der Waals surface area (Å²) < 4.78 is 15.4. The van der Waals surface area contributed by atoms with E-state index in [1.807, 2.05) is 4.90 Å². The SMILES string of the molecule is COCCOCC1CCN(C(=O)c2cc(C)on2)CC1. The van der Waals surface area contributed by atoms with Gasteiger partial charge in [-0.25, -0.2) is 0 Å². The minimum absolute atomic E-state index is 0.0411. The van der Waals surface area contributed by atoms with Gasteiger partial charge in [-0.1, -0.05) is 5.16 Å². The van der Waals surface area contributed by atoms with Gasteiger partial charge in [-0.2, -0.15) is 0 Å². The van der Waals surface area contributed by atoms with Crippen LogP contribution in [0.15, 0.2) is 10.6 Å². The molecule has 1 aromatic heterocycles. The van der Waals surface area contributed by atoms with Gasteiger partial charge in [0.2, 0.25) is 0 Å². The third-order valence-corrected chi connectivity index (χ3v) is 3.53. The number of aryl methyl sites for hydroxylation is 1. The minimum Gasteiger partial charge on any atom is -0.382 e. The number of carbonyl (C=O) groups excluding carboxylic acids is 1. The normalized spacial score (nSPS) is 16.6. The second kappa shape index (κ2) is 7.40. The lowest BCUT2D eigenvalue weighted by atomic mass is 9.97. The Morgan fingerprint density at radius 3 is 2.80 bits per heavy atom. The van der Waals surface area contributed by atoms with Gasteiger partial charge in [0.1, 0.15) is 5.76 Å². The van der Waals surface area contributed by atoms with E-state index >= 15 is 0 Å². The van der Waals surface area contributed by atoms with Gasteiger partial charge in [0.05, 0.1) is 13.2 Å². The first-order valence-corrected chi connectivity index (χ1v) is 7.00. The Morgan fingerprint density at radius 2 is 2.20 bits per heavy atom. The van der Waals surface area contributed by atoms with Crippen LogP contribution in [0, 0.1) is 12.8 Å². The molecule has 0 bridgehead atoms. The number of nitrogens with zero attached hydrogens (tertiary/aromatic N) is 2. The molecule has 112 valence electrons. The molecule has 0 radical (unpaired) electrons. The van der Waals surface area contributed by atoms with Crippen molar-refractivity contribution in [3.8, 4) is 0 Å². The van der Waals surface area contributed by atoms with Gasteiger partial charge in [-0.3, -0.25) is 4.79 Å². The summed E-state index contributed by atoms with van der Waals surface area (Å²) in [6.45, 7) is 5.30. The number of methoxy groups -OCH3 is 1. The molecule has 0 atom stereocenters. The molecule has 20 heavy (non-hydrogen) atoms. The molecule has 1 aliphatic rings. The van der Waals surface area contributed by atoms with E-state index in [1.54, 1.807) is 20.1 Å². The Hall–Kier alpha value is -1.40. The van der Waals surface area contributed by atoms with Crippen LogP contribution in [-0.4, -0.2) is 56.0 Å². The number of likely N-dealkylation sites (tertiary alicyclic amines) is 1. The van der Waals surface area contributed by atoms with Crippen molar-refractivity contribution in [1.82, 2.24) is 10.1 Å². The van der Waals surface area contributed by atoms with Gasteiger partial charge >= 0.3 is 0 Å². The number of aromatic nitrogens is 1. The van der Waals surface area contributed by atoms with E-state index < -0.39 is 0 Å². The first-order valence-electron chi connectivity index (χ1n) is 7.00. The topological polar surface area (TPSA) is 64.8 Å². The molecule has 6 heteroatoms. The molecular weight excluding hydrogens is 260 g/mol. The van der Waals surface area contributed by atoms with Gasteiger partial charge in [-0.15, -0.1) is 0 Å². The van der Waals surface area contributed by atoms with Crippen LogP contribution in [-0.2, 0) is 9.47 Å². The zero-order chi connectivity index (χ0) is 14.4. The van der Waals surface area contributed by atoms with Crippen molar-refractivity contribution < 1.29 is 18.8 Å². The van der Waals surface area contributed by atoms with E-state index in [-0.39, 0.29) is 5.91 Å². The molecule has 0 saturated carbocycles. The van der Waals surface area contributed by atoms with Crippen molar-refractivity contribution in [3.05, 3.63) is 17.5 Å². The lowest BCUT2D eigenvalue weighted by Gasteiger charge is -2.31. The second-order valence-electron chi connectivity index (χ2n) is 5.13. The lowest BCUT2D eigenvalue weighted by Crippen LogP contribution is -2.39. The Labute approximate surface area is 119 Å². The molecule has 1 aliphatic heterocycles. The summed E-state index contributed by atoms with van der Waals surface area (Å²) in [5.74, 6) is 1.14. The van der Waals surface area contributed by atoms with Crippen LogP contribution in [0.2, 0.25) is 0 Å². The van der Waals surface area contributed by atoms with Crippen molar-refractivity contribution in [2.75, 3.05) is 40.0 Å². The monoisotopic (exact) mass is 282 g/mol. The lowest BCUT2D eigenvalue weighted by molar-refractivity contribution is 0.0325. The summed E-state index contributed by atoms with van der Waals surface area (Å²) in [7, 11) is 1.67. The Bertz CT molecular complexity index is 425. The van der Waals surface area contributed by atoms with Gasteiger partial charge < -0.3 is 18.9 Å². The van der Waals surface area contributed by atoms with Crippen molar-refractivity contribution in [2.24, 2.45) is 5.92 Å². The van der Waals surface area contributed by atoms with Crippen molar-refractivity contribution in [1.29, 1.82) is 0 Å². The molecule has 0 unspecified atom stereocenters. The van der Waals surface area contributed by atoms with Crippen LogP contribution in [0.5, 0.6) is 0 Å². The molecule has 1 saturated heterocycles. The van der Waals surface area contributed by atoms with Crippen molar-refractivity contribution >= 4 is 5.91 Å². The third-order valence-electron chi connectivity index (χ3n) is 3.53. The average molecular weight is 282 g/mol. The summed E-state index contributed by atoms with van der Waals surface area (Å²) in [6, 6.07) is 1.68. The smallest absolute Gasteiger partial charge is 0.276 e. The highest BCUT2D eigenvalue weighted by molar-refractivity contribution is 5.92. The highest BCUT2D eigenvalue weighted by Crippen LogP contribution is 2.19. The maximum atomic E-state index is 12.2. The molecular formula is C14H22N2O4. The highest BCUT2D eigenvalue weighted by Gasteiger charge is 2.25. The van der Waals surface area contributed by atoms with Gasteiger partial charge in [0, 0.05) is 32.9 Å². The molecule has 0 spiro atoms. The number of piperidine rings is 1. The molecule has 1 aromatic rings. The Kier molecular flexibility index (Phi) is 5.55. The zero-order valence-electron chi connectivity index (χ0n) is 12.1. The van der Waals surface area contributed by atoms with E-state index in [1.165, 1.54) is 0 Å². The van der Waals surface area contributed by atoms with Crippen molar-refractivity contribution in [3.63, 3.8) is 0 Å². The zero-order valence-corrected chi connectivity index (χ0v) is 12.1. The van der Waals surface area contributed by atoms with E-state index in [0.29, 0.717) is 30.6 Å². The van der Waals surface area contributed by atoms with Crippen LogP contribution in [0.25, 0.3) is 0 Å². The highest BCUT2D eigenvalue weighted by atomic mass is 16.5. The number of rotatable bonds is 6. The molecule has 2 rings (SSSR count). The fourth-order valence-electron chi connectivity index (χ4n) is 2.32. The quantitative estimate of drug-likeness (QED) is 0.740. The Balaban J connectivity index is 1.72. The summed E-state index contributed by atoms with van der Waals surface area (Å²) in [6.07, 6.45) is 1.94. The Morgan fingerprint density at radius 1 is 1.45 bits per heavy atom. The molecule has 2 heterocycles.